The van der Waals surface area contributed by atoms with E-state index in [0.29, 0.717) is 39.3 Å². The average Bonchev–Trinajstić information content (AvgIpc) is 3.09. The highest BCUT2D eigenvalue weighted by Crippen LogP contribution is 2.58. The van der Waals surface area contributed by atoms with Crippen LogP contribution in [0, 0.1) is 0 Å². The molecule has 1 saturated heterocycles. The molecule has 43 heavy (non-hydrogen) atoms. The maximum Gasteiger partial charge on any atom is 0.326 e. The summed E-state index contributed by atoms with van der Waals surface area (Å²) >= 11 is 19.0. The van der Waals surface area contributed by atoms with E-state index in [9.17, 15) is 4.79 Å². The Bertz CT molecular complexity index is 1440. The third kappa shape index (κ3) is 7.04. The van der Waals surface area contributed by atoms with Gasteiger partial charge < -0.3 is 14.4 Å². The number of nitrogens with zero attached hydrogens (tertiary/aromatic N) is 2. The van der Waals surface area contributed by atoms with Crippen LogP contribution in [0.4, 0.5) is 5.69 Å². The summed E-state index contributed by atoms with van der Waals surface area (Å²) in [6, 6.07) is 13.4. The first-order valence-corrected chi connectivity index (χ1v) is 19.4. The lowest BCUT2D eigenvalue weighted by atomic mass is 9.58. The first kappa shape index (κ1) is 33.7. The number of carbonyl (C=O) groups is 2. The number of likely N-dealkylation sites (tertiary alicyclic amines) is 1. The maximum atomic E-state index is 15.1. The highest BCUT2D eigenvalue weighted by atomic mass is 35.5. The Kier molecular flexibility index (Phi) is 9.89. The number of rotatable bonds is 9. The molecule has 0 aromatic heterocycles. The predicted octanol–water partition coefficient (Wildman–Crippen LogP) is 7.99. The third-order valence-electron chi connectivity index (χ3n) is 7.94. The van der Waals surface area contributed by atoms with Crippen molar-refractivity contribution < 1.29 is 19.1 Å². The molecule has 1 amide bonds. The van der Waals surface area contributed by atoms with Crippen molar-refractivity contribution in [3.8, 4) is 0 Å². The molecule has 1 fully saturated rings. The topological polar surface area (TPSA) is 59.1 Å². The highest BCUT2D eigenvalue weighted by Gasteiger charge is 2.64. The van der Waals surface area contributed by atoms with E-state index in [1.54, 1.807) is 11.0 Å². The van der Waals surface area contributed by atoms with Crippen LogP contribution in [0.25, 0.3) is 0 Å². The molecule has 0 unspecified atom stereocenters. The van der Waals surface area contributed by atoms with Gasteiger partial charge in [-0.25, -0.2) is 0 Å². The summed E-state index contributed by atoms with van der Waals surface area (Å²) in [4.78, 5) is 32.5. The summed E-state index contributed by atoms with van der Waals surface area (Å²) in [5.74, 6) is -0.965. The minimum atomic E-state index is -1.35. The van der Waals surface area contributed by atoms with E-state index in [0.717, 1.165) is 17.2 Å². The summed E-state index contributed by atoms with van der Waals surface area (Å²) in [6.45, 7) is 19.1. The number of halogens is 2. The lowest BCUT2D eigenvalue weighted by Gasteiger charge is -2.53. The molecule has 2 aliphatic rings. The van der Waals surface area contributed by atoms with Gasteiger partial charge in [0.2, 0.25) is 5.91 Å². The van der Waals surface area contributed by atoms with Crippen molar-refractivity contribution in [1.29, 1.82) is 0 Å². The lowest BCUT2D eigenvalue weighted by molar-refractivity contribution is -0.156. The Hall–Kier alpha value is -2.23. The number of benzene rings is 2. The Morgan fingerprint density at radius 1 is 1.14 bits per heavy atom. The fraction of sp³-hybridized carbons (Fsp3) is 0.485. The Morgan fingerprint density at radius 3 is 2.42 bits per heavy atom. The van der Waals surface area contributed by atoms with Crippen LogP contribution in [0.15, 0.2) is 54.6 Å². The van der Waals surface area contributed by atoms with E-state index in [2.05, 4.69) is 26.2 Å². The molecule has 2 aromatic rings. The molecule has 0 N–H and O–H groups in total. The summed E-state index contributed by atoms with van der Waals surface area (Å²) in [5.41, 5.74) is 1.20. The van der Waals surface area contributed by atoms with E-state index in [-0.39, 0.29) is 19.2 Å². The number of ether oxygens (including phenoxy) is 2. The van der Waals surface area contributed by atoms with Crippen molar-refractivity contribution >= 4 is 66.0 Å². The van der Waals surface area contributed by atoms with Crippen LogP contribution in [-0.2, 0) is 24.5 Å². The average molecular weight is 662 g/mol. The molecule has 2 aliphatic heterocycles. The number of fused-ring (bicyclic) bond motifs is 2. The number of anilines is 1. The van der Waals surface area contributed by atoms with Gasteiger partial charge in [0.25, 0.3) is 0 Å². The van der Waals surface area contributed by atoms with Crippen LogP contribution in [-0.4, -0.2) is 61.4 Å². The van der Waals surface area contributed by atoms with E-state index < -0.39 is 37.0 Å². The van der Waals surface area contributed by atoms with Crippen molar-refractivity contribution in [2.24, 2.45) is 0 Å². The maximum absolute atomic E-state index is 15.1. The zero-order valence-electron chi connectivity index (χ0n) is 26.1. The standard InChI is InChI=1S/C33H42Cl2N2O4SSi/c1-21(2)30-33(25-13-12-24(35)17-27(25)37(31(33)39)20-40-14-15-43(6,7)8)26(22-10-9-11-23(34)16-22)18-28(42)36(30)19-29(38)41-32(3,4)5/h9-13,16-17,26,30H,1,14-15,18-20H2,2-8H3/t26-,30+,33-/m0/s1. The van der Waals surface area contributed by atoms with Gasteiger partial charge in [0.15, 0.2) is 0 Å². The first-order valence-electron chi connectivity index (χ1n) is 14.6. The zero-order valence-corrected chi connectivity index (χ0v) is 29.5. The Morgan fingerprint density at radius 2 is 1.81 bits per heavy atom. The molecular weight excluding hydrogens is 619 g/mol. The van der Waals surface area contributed by atoms with E-state index in [1.807, 2.05) is 69.0 Å². The Balaban J connectivity index is 1.90. The molecule has 2 heterocycles. The number of thiocarbonyl (C=S) groups is 1. The summed E-state index contributed by atoms with van der Waals surface area (Å²) in [6.07, 6.45) is 0.348. The van der Waals surface area contributed by atoms with Crippen LogP contribution in [0.5, 0.6) is 0 Å². The van der Waals surface area contributed by atoms with Crippen molar-refractivity contribution in [2.75, 3.05) is 24.8 Å². The van der Waals surface area contributed by atoms with Gasteiger partial charge in [0.1, 0.15) is 24.3 Å². The SMILES string of the molecule is C=C(C)[C@H]1N(CC(=O)OC(C)(C)C)C(=S)C[C@@H](c2cccc(Cl)c2)[C@]12C(=O)N(COCC[Si](C)(C)C)c1cc(Cl)ccc12. The van der Waals surface area contributed by atoms with Gasteiger partial charge in [-0.15, -0.1) is 0 Å². The fourth-order valence-electron chi connectivity index (χ4n) is 6.27. The van der Waals surface area contributed by atoms with Gasteiger partial charge in [-0.1, -0.05) is 85.4 Å². The van der Waals surface area contributed by atoms with Crippen molar-refractivity contribution in [1.82, 2.24) is 4.90 Å². The molecule has 0 saturated carbocycles. The number of hydrogen-bond acceptors (Lipinski definition) is 5. The molecule has 4 rings (SSSR count). The monoisotopic (exact) mass is 660 g/mol. The second-order valence-corrected chi connectivity index (χ2v) is 20.7. The van der Waals surface area contributed by atoms with Crippen molar-refractivity contribution in [2.45, 2.75) is 82.8 Å². The summed E-state index contributed by atoms with van der Waals surface area (Å²) < 4.78 is 11.9. The fourth-order valence-corrected chi connectivity index (χ4v) is 7.73. The first-order chi connectivity index (χ1) is 20.0. The largest absolute Gasteiger partial charge is 0.459 e. The van der Waals surface area contributed by atoms with E-state index in [1.165, 1.54) is 0 Å². The molecule has 0 radical (unpaired) electrons. The van der Waals surface area contributed by atoms with Crippen LogP contribution >= 0.6 is 35.4 Å². The number of esters is 1. The van der Waals surface area contributed by atoms with Crippen LogP contribution in [0.1, 0.15) is 51.2 Å². The normalized spacial score (nSPS) is 22.3. The van der Waals surface area contributed by atoms with E-state index >= 15 is 4.79 Å². The van der Waals surface area contributed by atoms with Gasteiger partial charge in [-0.2, -0.15) is 0 Å². The van der Waals surface area contributed by atoms with Gasteiger partial charge >= 0.3 is 5.97 Å². The minimum absolute atomic E-state index is 0.0834. The highest BCUT2D eigenvalue weighted by molar-refractivity contribution is 7.80. The number of amides is 1. The quantitative estimate of drug-likeness (QED) is 0.0893. The molecule has 2 aromatic carbocycles. The number of piperidine rings is 1. The van der Waals surface area contributed by atoms with Crippen LogP contribution in [0.2, 0.25) is 35.7 Å². The second-order valence-electron chi connectivity index (χ2n) is 13.8. The molecule has 0 bridgehead atoms. The molecule has 6 nitrogen and oxygen atoms in total. The summed E-state index contributed by atoms with van der Waals surface area (Å²) in [7, 11) is -1.35. The molecule has 10 heteroatoms. The lowest BCUT2D eigenvalue weighted by Crippen LogP contribution is -2.65. The molecule has 1 spiro atoms. The number of hydrogen-bond donors (Lipinski definition) is 0. The van der Waals surface area contributed by atoms with Crippen LogP contribution < -0.4 is 4.90 Å². The smallest absolute Gasteiger partial charge is 0.326 e. The molecule has 0 aliphatic carbocycles. The Labute approximate surface area is 272 Å². The third-order valence-corrected chi connectivity index (χ3v) is 10.5. The number of carbonyl (C=O) groups excluding carboxylic acids is 2. The van der Waals surface area contributed by atoms with Crippen molar-refractivity contribution in [3.63, 3.8) is 0 Å². The van der Waals surface area contributed by atoms with Crippen molar-refractivity contribution in [3.05, 3.63) is 75.8 Å². The van der Waals surface area contributed by atoms with Gasteiger partial charge in [-0.05, 0) is 69.1 Å². The van der Waals surface area contributed by atoms with Gasteiger partial charge in [0, 0.05) is 37.1 Å². The van der Waals surface area contributed by atoms with Crippen LogP contribution in [0.3, 0.4) is 0 Å². The predicted molar refractivity (Wildman–Crippen MR) is 182 cm³/mol. The zero-order chi connectivity index (χ0) is 31.9. The second kappa shape index (κ2) is 12.6. The van der Waals surface area contributed by atoms with E-state index in [4.69, 9.17) is 44.9 Å². The van der Waals surface area contributed by atoms with Gasteiger partial charge in [0.05, 0.1) is 16.7 Å². The molecule has 3 atom stereocenters. The van der Waals surface area contributed by atoms with Gasteiger partial charge in [-0.3, -0.25) is 14.5 Å². The molecular formula is C33H42Cl2N2O4SSi. The minimum Gasteiger partial charge on any atom is -0.459 e. The summed E-state index contributed by atoms with van der Waals surface area (Å²) in [5, 5.41) is 1.08. The molecule has 232 valence electrons.